The average molecular weight is 200 g/mol. The Hall–Kier alpha value is -2.03. The van der Waals surface area contributed by atoms with Crippen molar-refractivity contribution in [1.82, 2.24) is 0 Å². The third-order valence-corrected chi connectivity index (χ3v) is 0.624. The standard InChI is InChI=1S/C6H10O2.2CHNO/c1-4-8-6(7)5(2)3;2*2-1-3/h2,4H2,1,3H3;2*2H. The molecule has 6 nitrogen and oxygen atoms in total. The van der Waals surface area contributed by atoms with Gasteiger partial charge >= 0.3 is 5.97 Å². The summed E-state index contributed by atoms with van der Waals surface area (Å²) in [5, 5.41) is 10.8. The number of isocyanates is 2. The van der Waals surface area contributed by atoms with Crippen LogP contribution < -0.4 is 0 Å². The van der Waals surface area contributed by atoms with Crippen molar-refractivity contribution in [2.45, 2.75) is 13.8 Å². The van der Waals surface area contributed by atoms with Crippen molar-refractivity contribution in [2.75, 3.05) is 6.61 Å². The zero-order valence-corrected chi connectivity index (χ0v) is 8.05. The fraction of sp³-hybridized carbons (Fsp3) is 0.375. The number of ether oxygens (including phenoxy) is 1. The normalized spacial score (nSPS) is 5.86. The summed E-state index contributed by atoms with van der Waals surface area (Å²) in [5.74, 6) is -0.312. The number of esters is 1. The van der Waals surface area contributed by atoms with E-state index in [1.165, 1.54) is 0 Å². The Bertz CT molecular complexity index is 224. The van der Waals surface area contributed by atoms with Gasteiger partial charge in [-0.2, -0.15) is 0 Å². The van der Waals surface area contributed by atoms with Gasteiger partial charge in [0.2, 0.25) is 12.2 Å². The fourth-order valence-electron chi connectivity index (χ4n) is 0.254. The third kappa shape index (κ3) is 32.5. The Balaban J connectivity index is -0.000000168. The highest BCUT2D eigenvalue weighted by Crippen LogP contribution is 1.89. The molecule has 0 amide bonds. The van der Waals surface area contributed by atoms with Crippen molar-refractivity contribution in [3.63, 3.8) is 0 Å². The van der Waals surface area contributed by atoms with E-state index in [9.17, 15) is 4.79 Å². The van der Waals surface area contributed by atoms with Crippen molar-refractivity contribution in [2.24, 2.45) is 0 Å². The maximum Gasteiger partial charge on any atom is 0.333 e. The molecule has 0 rings (SSSR count). The molecule has 0 radical (unpaired) electrons. The van der Waals surface area contributed by atoms with Gasteiger partial charge in [0.05, 0.1) is 6.61 Å². The van der Waals surface area contributed by atoms with E-state index in [4.69, 9.17) is 20.4 Å². The summed E-state index contributed by atoms with van der Waals surface area (Å²) in [4.78, 5) is 27.1. The predicted molar refractivity (Wildman–Crippen MR) is 48.3 cm³/mol. The van der Waals surface area contributed by atoms with Crippen LogP contribution in [0.25, 0.3) is 0 Å². The number of nitrogens with one attached hydrogen (secondary N) is 2. The van der Waals surface area contributed by atoms with Gasteiger partial charge in [0.25, 0.3) is 0 Å². The Morgan fingerprint density at radius 1 is 1.36 bits per heavy atom. The minimum absolute atomic E-state index is 0.312. The van der Waals surface area contributed by atoms with Crippen LogP contribution in [0.1, 0.15) is 13.8 Å². The minimum atomic E-state index is -0.312. The van der Waals surface area contributed by atoms with Gasteiger partial charge in [-0.15, -0.1) is 0 Å². The maximum absolute atomic E-state index is 10.4. The van der Waals surface area contributed by atoms with Crippen LogP contribution in [0.4, 0.5) is 0 Å². The van der Waals surface area contributed by atoms with Crippen LogP contribution in [0.2, 0.25) is 0 Å². The van der Waals surface area contributed by atoms with Gasteiger partial charge in [-0.3, -0.25) is 0 Å². The molecule has 0 fully saturated rings. The lowest BCUT2D eigenvalue weighted by Crippen LogP contribution is -2.03. The van der Waals surface area contributed by atoms with Crippen LogP contribution >= 0.6 is 0 Å². The Morgan fingerprint density at radius 2 is 1.64 bits per heavy atom. The Labute approximate surface area is 81.6 Å². The highest BCUT2D eigenvalue weighted by Gasteiger charge is 1.98. The molecule has 2 N–H and O–H groups in total. The molecule has 0 spiro atoms. The largest absolute Gasteiger partial charge is 0.463 e. The van der Waals surface area contributed by atoms with Crippen LogP contribution in [0, 0.1) is 10.8 Å². The lowest BCUT2D eigenvalue weighted by Gasteiger charge is -1.96. The second-order valence-electron chi connectivity index (χ2n) is 1.70. The van der Waals surface area contributed by atoms with Gasteiger partial charge < -0.3 is 4.74 Å². The zero-order valence-electron chi connectivity index (χ0n) is 8.05. The summed E-state index contributed by atoms with van der Waals surface area (Å²) in [6.07, 6.45) is 1.50. The monoisotopic (exact) mass is 200 g/mol. The second kappa shape index (κ2) is 17.2. The summed E-state index contributed by atoms with van der Waals surface area (Å²) in [6.45, 7) is 7.21. The van der Waals surface area contributed by atoms with E-state index in [2.05, 4.69) is 11.3 Å². The topological polar surface area (TPSA) is 108 Å². The molecule has 0 aliphatic heterocycles. The first-order chi connectivity index (χ1) is 6.51. The van der Waals surface area contributed by atoms with E-state index >= 15 is 0 Å². The molecular weight excluding hydrogens is 188 g/mol. The van der Waals surface area contributed by atoms with Crippen molar-refractivity contribution in [1.29, 1.82) is 10.8 Å². The first-order valence-electron chi connectivity index (χ1n) is 3.42. The number of carbonyl (C=O) groups is 1. The molecule has 0 atom stereocenters. The first-order valence-corrected chi connectivity index (χ1v) is 3.42. The lowest BCUT2D eigenvalue weighted by atomic mass is 10.4. The predicted octanol–water partition coefficient (Wildman–Crippen LogP) is 0.928. The molecule has 0 saturated carbocycles. The molecular formula is C8H12N2O4. The van der Waals surface area contributed by atoms with Gasteiger partial charge in [-0.25, -0.2) is 25.2 Å². The van der Waals surface area contributed by atoms with Crippen LogP contribution in [-0.4, -0.2) is 24.7 Å². The molecule has 0 bridgehead atoms. The van der Waals surface area contributed by atoms with Crippen LogP contribution in [0.5, 0.6) is 0 Å². The Kier molecular flexibility index (Phi) is 22.0. The van der Waals surface area contributed by atoms with Gasteiger partial charge in [0, 0.05) is 5.57 Å². The fourth-order valence-corrected chi connectivity index (χ4v) is 0.254. The summed E-state index contributed by atoms with van der Waals surface area (Å²) < 4.78 is 4.56. The highest BCUT2D eigenvalue weighted by atomic mass is 16.5. The van der Waals surface area contributed by atoms with E-state index in [1.54, 1.807) is 13.8 Å². The summed E-state index contributed by atoms with van der Waals surface area (Å²) in [6, 6.07) is 0. The number of carbonyl (C=O) groups excluding carboxylic acids is 3. The summed E-state index contributed by atoms with van der Waals surface area (Å²) in [5.41, 5.74) is 0.451. The number of rotatable bonds is 2. The summed E-state index contributed by atoms with van der Waals surface area (Å²) in [7, 11) is 0. The Morgan fingerprint density at radius 3 is 1.71 bits per heavy atom. The smallest absolute Gasteiger partial charge is 0.333 e. The molecule has 0 aliphatic rings. The van der Waals surface area contributed by atoms with Crippen molar-refractivity contribution in [3.05, 3.63) is 12.2 Å². The van der Waals surface area contributed by atoms with E-state index < -0.39 is 0 Å². The number of hydrogen-bond donors (Lipinski definition) is 2. The zero-order chi connectivity index (χ0) is 12.0. The van der Waals surface area contributed by atoms with Gasteiger partial charge in [-0.05, 0) is 13.8 Å². The molecule has 0 aliphatic carbocycles. The second-order valence-corrected chi connectivity index (χ2v) is 1.70. The maximum atomic E-state index is 10.4. The minimum Gasteiger partial charge on any atom is -0.463 e. The van der Waals surface area contributed by atoms with Crippen molar-refractivity contribution in [3.8, 4) is 0 Å². The van der Waals surface area contributed by atoms with Crippen LogP contribution in [0.3, 0.4) is 0 Å². The molecule has 0 unspecified atom stereocenters. The average Bonchev–Trinajstić information content (AvgIpc) is 2.07. The SMILES string of the molecule is C=C(C)C(=O)OCC.N=C=O.N=C=O. The van der Waals surface area contributed by atoms with E-state index in [-0.39, 0.29) is 5.97 Å². The third-order valence-electron chi connectivity index (χ3n) is 0.624. The quantitative estimate of drug-likeness (QED) is 0.299. The van der Waals surface area contributed by atoms with Crippen molar-refractivity contribution >= 4 is 18.1 Å². The first kappa shape index (κ1) is 17.9. The molecule has 6 heteroatoms. The van der Waals surface area contributed by atoms with E-state index in [0.29, 0.717) is 12.2 Å². The summed E-state index contributed by atoms with van der Waals surface area (Å²) >= 11 is 0. The molecule has 0 saturated heterocycles. The van der Waals surface area contributed by atoms with Crippen molar-refractivity contribution < 1.29 is 19.1 Å². The molecule has 78 valence electrons. The molecule has 0 aromatic heterocycles. The highest BCUT2D eigenvalue weighted by molar-refractivity contribution is 5.86. The van der Waals surface area contributed by atoms with Gasteiger partial charge in [-0.1, -0.05) is 6.58 Å². The van der Waals surface area contributed by atoms with E-state index in [1.807, 2.05) is 0 Å². The molecule has 0 aromatic rings. The van der Waals surface area contributed by atoms with Crippen LogP contribution in [0.15, 0.2) is 12.2 Å². The van der Waals surface area contributed by atoms with Crippen LogP contribution in [-0.2, 0) is 19.1 Å². The molecule has 0 heterocycles. The van der Waals surface area contributed by atoms with Gasteiger partial charge in [0.15, 0.2) is 0 Å². The van der Waals surface area contributed by atoms with E-state index in [0.717, 1.165) is 12.2 Å². The molecule has 14 heavy (non-hydrogen) atoms. The lowest BCUT2D eigenvalue weighted by molar-refractivity contribution is -0.138. The molecule has 0 aromatic carbocycles. The number of hydrogen-bond acceptors (Lipinski definition) is 6. The van der Waals surface area contributed by atoms with Gasteiger partial charge in [0.1, 0.15) is 0 Å².